The number of benzene rings is 1. The van der Waals surface area contributed by atoms with Gasteiger partial charge in [-0.15, -0.1) is 0 Å². The van der Waals surface area contributed by atoms with E-state index in [0.717, 1.165) is 54.6 Å². The third kappa shape index (κ3) is 5.26. The van der Waals surface area contributed by atoms with Crippen molar-refractivity contribution in [2.45, 2.75) is 25.8 Å². The number of aromatic nitrogens is 2. The minimum absolute atomic E-state index is 0.113. The molecule has 2 amide bonds. The number of urea groups is 1. The van der Waals surface area contributed by atoms with E-state index in [4.69, 9.17) is 9.47 Å². The molecule has 4 rings (SSSR count). The van der Waals surface area contributed by atoms with E-state index < -0.39 is 0 Å². The lowest BCUT2D eigenvalue weighted by atomic mass is 10.0. The van der Waals surface area contributed by atoms with Crippen LogP contribution in [0.4, 0.5) is 16.3 Å². The average Bonchev–Trinajstić information content (AvgIpc) is 2.82. The molecule has 8 nitrogen and oxygen atoms in total. The quantitative estimate of drug-likeness (QED) is 0.600. The molecule has 32 heavy (non-hydrogen) atoms. The number of anilines is 2. The van der Waals surface area contributed by atoms with Crippen molar-refractivity contribution in [2.24, 2.45) is 0 Å². The number of amides is 2. The van der Waals surface area contributed by atoms with Crippen molar-refractivity contribution in [2.75, 3.05) is 30.4 Å². The highest BCUT2D eigenvalue weighted by Gasteiger charge is 2.23. The van der Waals surface area contributed by atoms with Gasteiger partial charge in [0.15, 0.2) is 0 Å². The summed E-state index contributed by atoms with van der Waals surface area (Å²) >= 11 is 0. The zero-order valence-electron chi connectivity index (χ0n) is 18.2. The first-order chi connectivity index (χ1) is 15.6. The van der Waals surface area contributed by atoms with Gasteiger partial charge in [0.05, 0.1) is 19.0 Å². The fourth-order valence-corrected chi connectivity index (χ4v) is 3.73. The van der Waals surface area contributed by atoms with Gasteiger partial charge in [0, 0.05) is 37.1 Å². The van der Waals surface area contributed by atoms with Crippen molar-refractivity contribution >= 4 is 17.5 Å². The minimum Gasteiger partial charge on any atom is -0.497 e. The lowest BCUT2D eigenvalue weighted by Crippen LogP contribution is -2.46. The van der Waals surface area contributed by atoms with Crippen LogP contribution < -0.4 is 25.0 Å². The molecule has 2 N–H and O–H groups in total. The lowest BCUT2D eigenvalue weighted by Gasteiger charge is -2.34. The van der Waals surface area contributed by atoms with Crippen molar-refractivity contribution in [1.82, 2.24) is 15.3 Å². The Hall–Kier alpha value is -3.81. The van der Waals surface area contributed by atoms with Crippen LogP contribution in [0.3, 0.4) is 0 Å². The van der Waals surface area contributed by atoms with Crippen LogP contribution in [-0.4, -0.2) is 42.2 Å². The summed E-state index contributed by atoms with van der Waals surface area (Å²) in [6.07, 6.45) is 6.74. The van der Waals surface area contributed by atoms with Crippen LogP contribution in [0.5, 0.6) is 17.2 Å². The molecular weight excluding hydrogens is 406 g/mol. The third-order valence-electron chi connectivity index (χ3n) is 5.46. The van der Waals surface area contributed by atoms with E-state index in [2.05, 4.69) is 25.5 Å². The Morgan fingerprint density at radius 3 is 2.50 bits per heavy atom. The number of piperidine rings is 1. The van der Waals surface area contributed by atoms with Crippen LogP contribution in [-0.2, 0) is 0 Å². The van der Waals surface area contributed by atoms with Gasteiger partial charge in [0.1, 0.15) is 23.1 Å². The number of ether oxygens (including phenoxy) is 2. The van der Waals surface area contributed by atoms with E-state index in [1.54, 1.807) is 31.8 Å². The molecule has 1 fully saturated rings. The van der Waals surface area contributed by atoms with Gasteiger partial charge in [-0.1, -0.05) is 0 Å². The molecule has 0 bridgehead atoms. The Morgan fingerprint density at radius 1 is 1.06 bits per heavy atom. The fourth-order valence-electron chi connectivity index (χ4n) is 3.73. The largest absolute Gasteiger partial charge is 0.497 e. The Labute approximate surface area is 187 Å². The number of carbonyl (C=O) groups excluding carboxylic acids is 1. The van der Waals surface area contributed by atoms with Crippen molar-refractivity contribution in [3.8, 4) is 17.2 Å². The number of hydrogen-bond donors (Lipinski definition) is 2. The molecule has 2 aromatic heterocycles. The summed E-state index contributed by atoms with van der Waals surface area (Å²) in [4.78, 5) is 23.1. The van der Waals surface area contributed by atoms with Crippen molar-refractivity contribution in [3.05, 3.63) is 66.6 Å². The Bertz CT molecular complexity index is 1040. The number of nitrogens with one attached hydrogen (secondary N) is 2. The van der Waals surface area contributed by atoms with Crippen LogP contribution in [0.1, 0.15) is 18.4 Å². The lowest BCUT2D eigenvalue weighted by molar-refractivity contribution is 0.246. The van der Waals surface area contributed by atoms with Gasteiger partial charge < -0.3 is 25.0 Å². The molecule has 0 atom stereocenters. The molecule has 0 spiro atoms. The molecular formula is C24H27N5O3. The van der Waals surface area contributed by atoms with Gasteiger partial charge in [-0.3, -0.25) is 4.98 Å². The molecule has 1 aliphatic rings. The van der Waals surface area contributed by atoms with Crippen LogP contribution in [0.25, 0.3) is 0 Å². The molecule has 166 valence electrons. The highest BCUT2D eigenvalue weighted by atomic mass is 16.5. The summed E-state index contributed by atoms with van der Waals surface area (Å²) in [5.74, 6) is 3.22. The van der Waals surface area contributed by atoms with Crippen LogP contribution in [0.2, 0.25) is 0 Å². The normalized spacial score (nSPS) is 14.0. The zero-order chi connectivity index (χ0) is 22.3. The first-order valence-electron chi connectivity index (χ1n) is 10.6. The molecule has 8 heteroatoms. The highest BCUT2D eigenvalue weighted by Crippen LogP contribution is 2.32. The molecule has 3 heterocycles. The van der Waals surface area contributed by atoms with Gasteiger partial charge in [0.2, 0.25) is 0 Å². The molecule has 1 saturated heterocycles. The first-order valence-corrected chi connectivity index (χ1v) is 10.6. The van der Waals surface area contributed by atoms with Crippen LogP contribution in [0, 0.1) is 6.92 Å². The maximum atomic E-state index is 12.2. The van der Waals surface area contributed by atoms with Gasteiger partial charge in [-0.2, -0.15) is 0 Å². The first kappa shape index (κ1) is 21.4. The molecule has 1 aliphatic heterocycles. The molecule has 0 unspecified atom stereocenters. The number of rotatable bonds is 6. The predicted octanol–water partition coefficient (Wildman–Crippen LogP) is 4.38. The van der Waals surface area contributed by atoms with Gasteiger partial charge >= 0.3 is 6.03 Å². The smallest absolute Gasteiger partial charge is 0.319 e. The van der Waals surface area contributed by atoms with E-state index in [-0.39, 0.29) is 12.1 Å². The van der Waals surface area contributed by atoms with Crippen molar-refractivity contribution in [1.29, 1.82) is 0 Å². The van der Waals surface area contributed by atoms with Crippen molar-refractivity contribution in [3.63, 3.8) is 0 Å². The molecule has 0 radical (unpaired) electrons. The third-order valence-corrected chi connectivity index (χ3v) is 5.46. The summed E-state index contributed by atoms with van der Waals surface area (Å²) in [5, 5.41) is 5.86. The van der Waals surface area contributed by atoms with E-state index in [1.165, 1.54) is 0 Å². The molecule has 0 aliphatic carbocycles. The number of nitrogens with zero attached hydrogens (tertiary/aromatic N) is 3. The Morgan fingerprint density at radius 2 is 1.81 bits per heavy atom. The fraction of sp³-hybridized carbons (Fsp3) is 0.292. The number of carbonyl (C=O) groups is 1. The summed E-state index contributed by atoms with van der Waals surface area (Å²) in [7, 11) is 1.64. The minimum atomic E-state index is -0.208. The van der Waals surface area contributed by atoms with E-state index in [9.17, 15) is 4.79 Å². The summed E-state index contributed by atoms with van der Waals surface area (Å²) in [6.45, 7) is 3.63. The second kappa shape index (κ2) is 10.00. The van der Waals surface area contributed by atoms with Crippen molar-refractivity contribution < 1.29 is 14.3 Å². The molecule has 3 aromatic rings. The van der Waals surface area contributed by atoms with Gasteiger partial charge in [-0.05, 0) is 62.2 Å². The van der Waals surface area contributed by atoms with Crippen LogP contribution >= 0.6 is 0 Å². The summed E-state index contributed by atoms with van der Waals surface area (Å²) in [5.41, 5.74) is 1.67. The number of hydrogen-bond acceptors (Lipinski definition) is 6. The Kier molecular flexibility index (Phi) is 6.69. The second-order valence-electron chi connectivity index (χ2n) is 7.64. The van der Waals surface area contributed by atoms with E-state index in [0.29, 0.717) is 5.69 Å². The maximum absolute atomic E-state index is 12.2. The zero-order valence-corrected chi connectivity index (χ0v) is 18.2. The van der Waals surface area contributed by atoms with E-state index >= 15 is 0 Å². The monoisotopic (exact) mass is 433 g/mol. The standard InChI is InChI=1S/C24H27N5O3/c1-17-22(32-21-7-5-20(31-2)6-8-21)9-13-26-23(17)29-14-10-18(11-15-29)27-24(30)28-19-4-3-12-25-16-19/h3-9,12-13,16,18H,10-11,14-15H2,1-2H3,(H2,27,28,30). The Balaban J connectivity index is 1.34. The topological polar surface area (TPSA) is 88.6 Å². The van der Waals surface area contributed by atoms with Gasteiger partial charge in [0.25, 0.3) is 0 Å². The molecule has 1 aromatic carbocycles. The van der Waals surface area contributed by atoms with Gasteiger partial charge in [-0.25, -0.2) is 9.78 Å². The second-order valence-corrected chi connectivity index (χ2v) is 7.64. The maximum Gasteiger partial charge on any atom is 0.319 e. The number of pyridine rings is 2. The summed E-state index contributed by atoms with van der Waals surface area (Å²) in [6, 6.07) is 12.9. The SMILES string of the molecule is COc1ccc(Oc2ccnc(N3CCC(NC(=O)Nc4cccnc4)CC3)c2C)cc1. The van der Waals surface area contributed by atoms with E-state index in [1.807, 2.05) is 43.3 Å². The predicted molar refractivity (Wildman–Crippen MR) is 124 cm³/mol. The van der Waals surface area contributed by atoms with Crippen LogP contribution in [0.15, 0.2) is 61.1 Å². The average molecular weight is 434 g/mol. The molecule has 0 saturated carbocycles. The summed E-state index contributed by atoms with van der Waals surface area (Å²) < 4.78 is 11.3. The highest BCUT2D eigenvalue weighted by molar-refractivity contribution is 5.89. The number of methoxy groups -OCH3 is 1.